The molecule has 172 valence electrons. The van der Waals surface area contributed by atoms with Crippen molar-refractivity contribution in [3.63, 3.8) is 0 Å². The molecule has 6 nitrogen and oxygen atoms in total. The summed E-state index contributed by atoms with van der Waals surface area (Å²) in [5, 5.41) is 0. The van der Waals surface area contributed by atoms with Crippen LogP contribution in [-0.4, -0.2) is 42.0 Å². The second-order valence-corrected chi connectivity index (χ2v) is 13.5. The Hall–Kier alpha value is -2.28. The van der Waals surface area contributed by atoms with Gasteiger partial charge in [0.15, 0.2) is 11.6 Å². The zero-order valence-corrected chi connectivity index (χ0v) is 19.6. The molecule has 1 aromatic rings. The maximum atomic E-state index is 14.5. The largest absolute Gasteiger partial charge is 0.294 e. The van der Waals surface area contributed by atoms with E-state index in [-0.39, 0.29) is 34.2 Å². The number of hydrogen-bond acceptors (Lipinski definition) is 5. The van der Waals surface area contributed by atoms with Crippen LogP contribution in [0.1, 0.15) is 60.2 Å². The Morgan fingerprint density at radius 2 is 1.79 bits per heavy atom. The molecule has 1 amide bonds. The standard InChI is InChI=1S/C26H27NO5S/c1-24(2)15-9-10-25(24)13-33(31,32)27(19(25)12-15)23(30)26-16-8-7-14(11-16)20(26)21(28)17-5-3-4-6-18(17)22(26)29/h3-8,14-16,19-20H,9-13H2,1-2H3/t14-,15-,16+,19+,20+,25-,26-/m1/s1. The number of fused-ring (bicyclic) bond motifs is 7. The van der Waals surface area contributed by atoms with E-state index in [1.807, 2.05) is 12.2 Å². The fourth-order valence-corrected chi connectivity index (χ4v) is 11.6. The summed E-state index contributed by atoms with van der Waals surface area (Å²) in [5.41, 5.74) is -1.67. The maximum Gasteiger partial charge on any atom is 0.251 e. The lowest BCUT2D eigenvalue weighted by Gasteiger charge is -2.45. The van der Waals surface area contributed by atoms with Crippen LogP contribution < -0.4 is 0 Å². The Kier molecular flexibility index (Phi) is 3.46. The van der Waals surface area contributed by atoms with Gasteiger partial charge in [-0.2, -0.15) is 0 Å². The molecular weight excluding hydrogens is 438 g/mol. The van der Waals surface area contributed by atoms with E-state index in [2.05, 4.69) is 13.8 Å². The van der Waals surface area contributed by atoms with Crippen molar-refractivity contribution in [2.45, 2.75) is 45.6 Å². The molecule has 6 aliphatic rings. The van der Waals surface area contributed by atoms with E-state index < -0.39 is 44.6 Å². The fraction of sp³-hybridized carbons (Fsp3) is 0.577. The van der Waals surface area contributed by atoms with Gasteiger partial charge in [0.05, 0.1) is 17.7 Å². The van der Waals surface area contributed by atoms with Crippen molar-refractivity contribution in [2.75, 3.05) is 5.75 Å². The number of rotatable bonds is 1. The van der Waals surface area contributed by atoms with Gasteiger partial charge in [-0.05, 0) is 48.9 Å². The Morgan fingerprint density at radius 1 is 1.06 bits per heavy atom. The number of nitrogens with zero attached hydrogens (tertiary/aromatic N) is 1. The molecule has 1 heterocycles. The molecular formula is C26H27NO5S. The first-order valence-corrected chi connectivity index (χ1v) is 13.6. The van der Waals surface area contributed by atoms with Crippen LogP contribution >= 0.6 is 0 Å². The van der Waals surface area contributed by atoms with Crippen LogP contribution in [0.3, 0.4) is 0 Å². The topological polar surface area (TPSA) is 88.6 Å². The summed E-state index contributed by atoms with van der Waals surface area (Å²) in [5.74, 6) is -2.35. The zero-order chi connectivity index (χ0) is 23.1. The van der Waals surface area contributed by atoms with Crippen LogP contribution in [0.25, 0.3) is 0 Å². The number of hydrogen-bond donors (Lipinski definition) is 0. The van der Waals surface area contributed by atoms with Gasteiger partial charge < -0.3 is 0 Å². The predicted molar refractivity (Wildman–Crippen MR) is 120 cm³/mol. The van der Waals surface area contributed by atoms with Crippen LogP contribution in [0.15, 0.2) is 36.4 Å². The number of benzene rings is 1. The van der Waals surface area contributed by atoms with E-state index in [1.54, 1.807) is 24.3 Å². The van der Waals surface area contributed by atoms with Crippen molar-refractivity contribution in [2.24, 2.45) is 39.9 Å². The highest BCUT2D eigenvalue weighted by Gasteiger charge is 2.76. The average molecular weight is 466 g/mol. The van der Waals surface area contributed by atoms with Crippen molar-refractivity contribution >= 4 is 27.5 Å². The van der Waals surface area contributed by atoms with Gasteiger partial charge in [-0.1, -0.05) is 50.3 Å². The lowest BCUT2D eigenvalue weighted by Crippen LogP contribution is -2.61. The van der Waals surface area contributed by atoms with Crippen LogP contribution in [0, 0.1) is 39.9 Å². The SMILES string of the molecule is CC1(C)[C@@H]2CC[C@]13CS(=O)(=O)N(C(=O)[C@@]14C(=O)c5ccccc5C(=O)[C@@H]1[C@@H]1C=C[C@H]4C1)[C@H]3C2. The average Bonchev–Trinajstić information content (AvgIpc) is 3.52. The number of allylic oxidation sites excluding steroid dienone is 2. The van der Waals surface area contributed by atoms with Gasteiger partial charge in [0.1, 0.15) is 5.41 Å². The molecule has 0 radical (unpaired) electrons. The van der Waals surface area contributed by atoms with Crippen LogP contribution in [0.2, 0.25) is 0 Å². The Bertz CT molecular complexity index is 1310. The molecule has 33 heavy (non-hydrogen) atoms. The number of Topliss-reactive ketones (excluding diaryl/α,β-unsaturated/α-hetero) is 2. The lowest BCUT2D eigenvalue weighted by molar-refractivity contribution is -0.140. The first-order valence-electron chi connectivity index (χ1n) is 12.0. The summed E-state index contributed by atoms with van der Waals surface area (Å²) in [6.45, 7) is 4.28. The predicted octanol–water partition coefficient (Wildman–Crippen LogP) is 3.24. The molecule has 7 rings (SSSR count). The number of ketones is 2. The minimum atomic E-state index is -3.89. The highest BCUT2D eigenvalue weighted by Crippen LogP contribution is 2.71. The summed E-state index contributed by atoms with van der Waals surface area (Å²) >= 11 is 0. The third-order valence-electron chi connectivity index (χ3n) is 10.7. The second-order valence-electron chi connectivity index (χ2n) is 11.7. The maximum absolute atomic E-state index is 14.5. The van der Waals surface area contributed by atoms with Gasteiger partial charge in [-0.15, -0.1) is 0 Å². The fourth-order valence-electron chi connectivity index (χ4n) is 9.00. The van der Waals surface area contributed by atoms with Crippen molar-refractivity contribution in [3.05, 3.63) is 47.5 Å². The molecule has 3 saturated carbocycles. The van der Waals surface area contributed by atoms with Crippen molar-refractivity contribution < 1.29 is 22.8 Å². The van der Waals surface area contributed by atoms with Gasteiger partial charge in [0, 0.05) is 16.5 Å². The Balaban J connectivity index is 1.43. The molecule has 4 fully saturated rings. The molecule has 0 aromatic heterocycles. The highest BCUT2D eigenvalue weighted by molar-refractivity contribution is 7.90. The van der Waals surface area contributed by atoms with E-state index >= 15 is 0 Å². The summed E-state index contributed by atoms with van der Waals surface area (Å²) in [7, 11) is -3.89. The zero-order valence-electron chi connectivity index (χ0n) is 18.8. The van der Waals surface area contributed by atoms with Gasteiger partial charge in [-0.25, -0.2) is 12.7 Å². The quantitative estimate of drug-likeness (QED) is 0.469. The molecule has 1 aliphatic heterocycles. The molecule has 1 aromatic carbocycles. The summed E-state index contributed by atoms with van der Waals surface area (Å²) in [6.07, 6.45) is 6.78. The number of carbonyl (C=O) groups excluding carboxylic acids is 3. The summed E-state index contributed by atoms with van der Waals surface area (Å²) < 4.78 is 28.4. The minimum Gasteiger partial charge on any atom is -0.294 e. The molecule has 1 saturated heterocycles. The third-order valence-corrected chi connectivity index (χ3v) is 12.6. The minimum absolute atomic E-state index is 0.0384. The number of carbonyl (C=O) groups is 3. The smallest absolute Gasteiger partial charge is 0.251 e. The molecule has 5 aliphatic carbocycles. The van der Waals surface area contributed by atoms with Crippen LogP contribution in [0.4, 0.5) is 0 Å². The van der Waals surface area contributed by atoms with E-state index in [1.165, 1.54) is 0 Å². The molecule has 0 N–H and O–H groups in total. The van der Waals surface area contributed by atoms with Gasteiger partial charge in [0.2, 0.25) is 10.0 Å². The normalized spacial score (nSPS) is 44.8. The molecule has 0 unspecified atom stereocenters. The monoisotopic (exact) mass is 465 g/mol. The Labute approximate surface area is 193 Å². The van der Waals surface area contributed by atoms with Crippen LogP contribution in [-0.2, 0) is 14.8 Å². The molecule has 1 spiro atoms. The van der Waals surface area contributed by atoms with Gasteiger partial charge in [0.25, 0.3) is 5.91 Å². The number of sulfonamides is 1. The van der Waals surface area contributed by atoms with E-state index in [9.17, 15) is 22.8 Å². The first-order chi connectivity index (χ1) is 15.6. The van der Waals surface area contributed by atoms with Crippen molar-refractivity contribution in [1.82, 2.24) is 4.31 Å². The second kappa shape index (κ2) is 5.68. The van der Waals surface area contributed by atoms with Gasteiger partial charge in [-0.3, -0.25) is 14.4 Å². The van der Waals surface area contributed by atoms with E-state index in [0.29, 0.717) is 24.3 Å². The first kappa shape index (κ1) is 20.1. The molecule has 4 bridgehead atoms. The molecule has 7 atom stereocenters. The Morgan fingerprint density at radius 3 is 2.52 bits per heavy atom. The lowest BCUT2D eigenvalue weighted by atomic mass is 9.57. The third kappa shape index (κ3) is 1.93. The van der Waals surface area contributed by atoms with E-state index in [0.717, 1.165) is 17.1 Å². The summed E-state index contributed by atoms with van der Waals surface area (Å²) in [6, 6.07) is 6.28. The molecule has 7 heteroatoms. The van der Waals surface area contributed by atoms with Crippen LogP contribution in [0.5, 0.6) is 0 Å². The van der Waals surface area contributed by atoms with Crippen molar-refractivity contribution in [3.8, 4) is 0 Å². The highest BCUT2D eigenvalue weighted by atomic mass is 32.2. The van der Waals surface area contributed by atoms with Gasteiger partial charge >= 0.3 is 0 Å². The summed E-state index contributed by atoms with van der Waals surface area (Å²) in [4.78, 5) is 42.3. The number of amides is 1. The van der Waals surface area contributed by atoms with Crippen molar-refractivity contribution in [1.29, 1.82) is 0 Å². The van der Waals surface area contributed by atoms with E-state index in [4.69, 9.17) is 0 Å².